The lowest BCUT2D eigenvalue weighted by Crippen LogP contribution is -2.44. The molecular formula is C15H17FN2O2S. The van der Waals surface area contributed by atoms with Gasteiger partial charge in [-0.25, -0.2) is 9.37 Å². The predicted octanol–water partition coefficient (Wildman–Crippen LogP) is 2.80. The molecule has 4 nitrogen and oxygen atoms in total. The first-order valence-corrected chi connectivity index (χ1v) is 7.71. The number of benzene rings is 1. The van der Waals surface area contributed by atoms with Gasteiger partial charge < -0.3 is 14.4 Å². The summed E-state index contributed by atoms with van der Waals surface area (Å²) in [5.41, 5.74) is 1.81. The number of morpholine rings is 1. The van der Waals surface area contributed by atoms with Crippen molar-refractivity contribution in [2.45, 2.75) is 6.10 Å². The van der Waals surface area contributed by atoms with Crippen LogP contribution in [0.25, 0.3) is 11.3 Å². The standard InChI is InChI=1S/C15H17FN2O2S/c1-19-9-13-8-18(6-7-20-13)15-17-14(10-21-15)11-2-4-12(16)5-3-11/h2-5,10,13H,6-9H2,1H3. The monoisotopic (exact) mass is 308 g/mol. The second-order valence-corrected chi connectivity index (χ2v) is 5.75. The molecule has 0 amide bonds. The van der Waals surface area contributed by atoms with Crippen molar-refractivity contribution in [1.29, 1.82) is 0 Å². The topological polar surface area (TPSA) is 34.6 Å². The number of rotatable bonds is 4. The minimum atomic E-state index is -0.232. The normalized spacial score (nSPS) is 19.0. The van der Waals surface area contributed by atoms with Crippen molar-refractivity contribution in [3.63, 3.8) is 0 Å². The van der Waals surface area contributed by atoms with Gasteiger partial charge in [-0.3, -0.25) is 0 Å². The summed E-state index contributed by atoms with van der Waals surface area (Å²) < 4.78 is 23.8. The Balaban J connectivity index is 1.73. The maximum absolute atomic E-state index is 13.0. The van der Waals surface area contributed by atoms with Crippen LogP contribution in [0.5, 0.6) is 0 Å². The van der Waals surface area contributed by atoms with Gasteiger partial charge in [-0.1, -0.05) is 0 Å². The first kappa shape index (κ1) is 14.4. The van der Waals surface area contributed by atoms with E-state index in [0.717, 1.165) is 29.5 Å². The lowest BCUT2D eigenvalue weighted by atomic mass is 10.2. The van der Waals surface area contributed by atoms with Crippen LogP contribution in [0.1, 0.15) is 0 Å². The van der Waals surface area contributed by atoms with Gasteiger partial charge in [-0.05, 0) is 24.3 Å². The average molecular weight is 308 g/mol. The number of aromatic nitrogens is 1. The van der Waals surface area contributed by atoms with Gasteiger partial charge in [-0.2, -0.15) is 0 Å². The Morgan fingerprint density at radius 3 is 3.00 bits per heavy atom. The van der Waals surface area contributed by atoms with Crippen LogP contribution in [0.2, 0.25) is 0 Å². The first-order chi connectivity index (χ1) is 10.3. The van der Waals surface area contributed by atoms with E-state index in [4.69, 9.17) is 9.47 Å². The van der Waals surface area contributed by atoms with Crippen molar-refractivity contribution in [3.8, 4) is 11.3 Å². The van der Waals surface area contributed by atoms with Crippen LogP contribution in [0.3, 0.4) is 0 Å². The molecule has 0 spiro atoms. The molecule has 1 aromatic carbocycles. The summed E-state index contributed by atoms with van der Waals surface area (Å²) in [7, 11) is 1.68. The fraction of sp³-hybridized carbons (Fsp3) is 0.400. The van der Waals surface area contributed by atoms with Gasteiger partial charge >= 0.3 is 0 Å². The van der Waals surface area contributed by atoms with E-state index in [1.54, 1.807) is 30.6 Å². The highest BCUT2D eigenvalue weighted by atomic mass is 32.1. The third-order valence-corrected chi connectivity index (χ3v) is 4.30. The van der Waals surface area contributed by atoms with Gasteiger partial charge in [0.15, 0.2) is 5.13 Å². The molecule has 21 heavy (non-hydrogen) atoms. The minimum Gasteiger partial charge on any atom is -0.382 e. The van der Waals surface area contributed by atoms with Crippen LogP contribution in [-0.4, -0.2) is 44.5 Å². The van der Waals surface area contributed by atoms with Crippen LogP contribution in [-0.2, 0) is 9.47 Å². The van der Waals surface area contributed by atoms with Crippen molar-refractivity contribution in [2.24, 2.45) is 0 Å². The van der Waals surface area contributed by atoms with Crippen molar-refractivity contribution in [2.75, 3.05) is 38.3 Å². The maximum atomic E-state index is 13.0. The molecule has 0 N–H and O–H groups in total. The van der Waals surface area contributed by atoms with E-state index in [1.807, 2.05) is 5.38 Å². The van der Waals surface area contributed by atoms with Crippen molar-refractivity contribution >= 4 is 16.5 Å². The van der Waals surface area contributed by atoms with Gasteiger partial charge in [0, 0.05) is 31.1 Å². The Hall–Kier alpha value is -1.50. The fourth-order valence-corrected chi connectivity index (χ4v) is 3.21. The second-order valence-electron chi connectivity index (χ2n) is 4.92. The highest BCUT2D eigenvalue weighted by Crippen LogP contribution is 2.28. The van der Waals surface area contributed by atoms with Crippen molar-refractivity contribution in [1.82, 2.24) is 4.98 Å². The summed E-state index contributed by atoms with van der Waals surface area (Å²) in [6.07, 6.45) is 0.0851. The van der Waals surface area contributed by atoms with Crippen molar-refractivity contribution in [3.05, 3.63) is 35.5 Å². The van der Waals surface area contributed by atoms with E-state index >= 15 is 0 Å². The lowest BCUT2D eigenvalue weighted by molar-refractivity contribution is -0.0100. The molecule has 2 aromatic rings. The highest BCUT2D eigenvalue weighted by Gasteiger charge is 2.22. The van der Waals surface area contributed by atoms with Gasteiger partial charge in [0.2, 0.25) is 0 Å². The molecule has 112 valence electrons. The molecular weight excluding hydrogens is 291 g/mol. The molecule has 0 saturated carbocycles. The summed E-state index contributed by atoms with van der Waals surface area (Å²) >= 11 is 1.60. The van der Waals surface area contributed by atoms with Crippen molar-refractivity contribution < 1.29 is 13.9 Å². The zero-order valence-corrected chi connectivity index (χ0v) is 12.6. The number of hydrogen-bond donors (Lipinski definition) is 0. The lowest BCUT2D eigenvalue weighted by Gasteiger charge is -2.32. The Labute approximate surface area is 127 Å². The summed E-state index contributed by atoms with van der Waals surface area (Å²) in [4.78, 5) is 6.87. The molecule has 0 bridgehead atoms. The number of anilines is 1. The van der Waals surface area contributed by atoms with Crippen LogP contribution < -0.4 is 4.90 Å². The molecule has 3 rings (SSSR count). The van der Waals surface area contributed by atoms with Gasteiger partial charge in [0.1, 0.15) is 5.82 Å². The summed E-state index contributed by atoms with van der Waals surface area (Å²) in [6.45, 7) is 2.88. The third-order valence-electron chi connectivity index (χ3n) is 3.39. The average Bonchev–Trinajstić information content (AvgIpc) is 2.98. The first-order valence-electron chi connectivity index (χ1n) is 6.83. The molecule has 1 aromatic heterocycles. The van der Waals surface area contributed by atoms with Crippen LogP contribution >= 0.6 is 11.3 Å². The number of nitrogens with zero attached hydrogens (tertiary/aromatic N) is 2. The summed E-state index contributed by atoms with van der Waals surface area (Å²) in [6, 6.07) is 6.41. The van der Waals surface area contributed by atoms with E-state index in [0.29, 0.717) is 13.2 Å². The largest absolute Gasteiger partial charge is 0.382 e. The van der Waals surface area contributed by atoms with Crippen LogP contribution in [0, 0.1) is 5.82 Å². The Kier molecular flexibility index (Phi) is 4.48. The van der Waals surface area contributed by atoms with Crippen LogP contribution in [0.15, 0.2) is 29.6 Å². The molecule has 1 atom stereocenters. The van der Waals surface area contributed by atoms with E-state index in [2.05, 4.69) is 9.88 Å². The highest BCUT2D eigenvalue weighted by molar-refractivity contribution is 7.14. The second kappa shape index (κ2) is 6.51. The fourth-order valence-electron chi connectivity index (χ4n) is 2.34. The smallest absolute Gasteiger partial charge is 0.186 e. The molecule has 1 aliphatic heterocycles. The number of thiazole rings is 1. The molecule has 2 heterocycles. The number of methoxy groups -OCH3 is 1. The minimum absolute atomic E-state index is 0.0851. The predicted molar refractivity (Wildman–Crippen MR) is 81.3 cm³/mol. The molecule has 1 saturated heterocycles. The molecule has 1 aliphatic rings. The van der Waals surface area contributed by atoms with E-state index < -0.39 is 0 Å². The molecule has 6 heteroatoms. The van der Waals surface area contributed by atoms with Gasteiger partial charge in [-0.15, -0.1) is 11.3 Å². The zero-order chi connectivity index (χ0) is 14.7. The molecule has 0 aliphatic carbocycles. The zero-order valence-electron chi connectivity index (χ0n) is 11.8. The number of halogens is 1. The molecule has 1 fully saturated rings. The maximum Gasteiger partial charge on any atom is 0.186 e. The Morgan fingerprint density at radius 2 is 2.24 bits per heavy atom. The Bertz CT molecular complexity index is 586. The molecule has 0 radical (unpaired) electrons. The quantitative estimate of drug-likeness (QED) is 0.870. The van der Waals surface area contributed by atoms with E-state index in [1.165, 1.54) is 12.1 Å². The van der Waals surface area contributed by atoms with E-state index in [9.17, 15) is 4.39 Å². The van der Waals surface area contributed by atoms with E-state index in [-0.39, 0.29) is 11.9 Å². The van der Waals surface area contributed by atoms with Crippen LogP contribution in [0.4, 0.5) is 9.52 Å². The van der Waals surface area contributed by atoms with Gasteiger partial charge in [0.25, 0.3) is 0 Å². The number of ether oxygens (including phenoxy) is 2. The Morgan fingerprint density at radius 1 is 1.43 bits per heavy atom. The molecule has 1 unspecified atom stereocenters. The van der Waals surface area contributed by atoms with Gasteiger partial charge in [0.05, 0.1) is 25.0 Å². The summed E-state index contributed by atoms with van der Waals surface area (Å²) in [5.74, 6) is -0.232. The SMILES string of the molecule is COCC1CN(c2nc(-c3ccc(F)cc3)cs2)CCO1. The third kappa shape index (κ3) is 3.40. The number of hydrogen-bond acceptors (Lipinski definition) is 5. The summed E-state index contributed by atoms with van der Waals surface area (Å²) in [5, 5.41) is 2.97.